The molecule has 1 nitrogen and oxygen atoms in total. The Morgan fingerprint density at radius 1 is 1.36 bits per heavy atom. The van der Waals surface area contributed by atoms with Gasteiger partial charge in [0.15, 0.2) is 0 Å². The van der Waals surface area contributed by atoms with Crippen molar-refractivity contribution < 1.29 is 4.79 Å². The normalized spacial score (nSPS) is 16.8. The van der Waals surface area contributed by atoms with E-state index in [2.05, 4.69) is 18.2 Å². The monoisotopic (exact) mass is 186 g/mol. The van der Waals surface area contributed by atoms with Crippen molar-refractivity contribution in [2.75, 3.05) is 0 Å². The molecule has 14 heavy (non-hydrogen) atoms. The van der Waals surface area contributed by atoms with Crippen molar-refractivity contribution in [3.8, 4) is 0 Å². The summed E-state index contributed by atoms with van der Waals surface area (Å²) < 4.78 is 0. The zero-order valence-corrected chi connectivity index (χ0v) is 8.36. The zero-order chi connectivity index (χ0) is 9.97. The minimum atomic E-state index is 0.738. The lowest BCUT2D eigenvalue weighted by Gasteiger charge is -2.03. The van der Waals surface area contributed by atoms with E-state index in [1.807, 2.05) is 19.1 Å². The molecule has 1 aromatic carbocycles. The second kappa shape index (κ2) is 3.79. The maximum atomic E-state index is 10.5. The first-order chi connectivity index (χ1) is 6.81. The summed E-state index contributed by atoms with van der Waals surface area (Å²) in [7, 11) is 0. The molecule has 1 fully saturated rings. The highest BCUT2D eigenvalue weighted by Gasteiger charge is 2.24. The number of allylic oxidation sites excluding steroid dienone is 1. The molecule has 2 rings (SSSR count). The summed E-state index contributed by atoms with van der Waals surface area (Å²) in [5.41, 5.74) is 3.39. The van der Waals surface area contributed by atoms with Crippen LogP contribution < -0.4 is 0 Å². The maximum Gasteiger partial charge on any atom is 0.145 e. The van der Waals surface area contributed by atoms with Gasteiger partial charge in [0.2, 0.25) is 0 Å². The molecule has 72 valence electrons. The SMILES string of the molecule is CC(C=O)=Cc1ccccc1C1CC1. The van der Waals surface area contributed by atoms with Crippen molar-refractivity contribution in [2.24, 2.45) is 0 Å². The number of carbonyl (C=O) groups excluding carboxylic acids is 1. The Bertz CT molecular complexity index is 373. The van der Waals surface area contributed by atoms with Gasteiger partial charge >= 0.3 is 0 Å². The van der Waals surface area contributed by atoms with Crippen LogP contribution in [-0.2, 0) is 4.79 Å². The van der Waals surface area contributed by atoms with Crippen LogP contribution in [0.5, 0.6) is 0 Å². The fraction of sp³-hybridized carbons (Fsp3) is 0.308. The topological polar surface area (TPSA) is 17.1 Å². The Kier molecular flexibility index (Phi) is 2.49. The molecule has 0 aromatic heterocycles. The second-order valence-corrected chi connectivity index (χ2v) is 3.91. The molecule has 0 atom stereocenters. The highest BCUT2D eigenvalue weighted by Crippen LogP contribution is 2.41. The fourth-order valence-electron chi connectivity index (χ4n) is 1.69. The molecule has 1 heteroatoms. The molecule has 0 heterocycles. The number of benzene rings is 1. The van der Waals surface area contributed by atoms with E-state index in [-0.39, 0.29) is 0 Å². The van der Waals surface area contributed by atoms with E-state index in [0.29, 0.717) is 0 Å². The van der Waals surface area contributed by atoms with Crippen molar-refractivity contribution in [2.45, 2.75) is 25.7 Å². The molecule has 0 bridgehead atoms. The molecule has 0 amide bonds. The van der Waals surface area contributed by atoms with Crippen molar-refractivity contribution in [1.82, 2.24) is 0 Å². The molecule has 1 aromatic rings. The van der Waals surface area contributed by atoms with Crippen LogP contribution in [0.3, 0.4) is 0 Å². The van der Waals surface area contributed by atoms with Crippen molar-refractivity contribution >= 4 is 12.4 Å². The third kappa shape index (κ3) is 1.92. The summed E-state index contributed by atoms with van der Waals surface area (Å²) in [6, 6.07) is 8.35. The Hall–Kier alpha value is -1.37. The van der Waals surface area contributed by atoms with Crippen LogP contribution in [0.1, 0.15) is 36.8 Å². The lowest BCUT2D eigenvalue weighted by atomic mass is 10.0. The first-order valence-electron chi connectivity index (χ1n) is 5.03. The van der Waals surface area contributed by atoms with Crippen LogP contribution in [-0.4, -0.2) is 6.29 Å². The van der Waals surface area contributed by atoms with Crippen LogP contribution in [0, 0.1) is 0 Å². The van der Waals surface area contributed by atoms with Gasteiger partial charge in [0.05, 0.1) is 0 Å². The summed E-state index contributed by atoms with van der Waals surface area (Å²) in [6.07, 6.45) is 5.47. The van der Waals surface area contributed by atoms with Crippen LogP contribution >= 0.6 is 0 Å². The first kappa shape index (κ1) is 9.20. The van der Waals surface area contributed by atoms with Gasteiger partial charge < -0.3 is 0 Å². The molecule has 0 radical (unpaired) electrons. The predicted molar refractivity (Wildman–Crippen MR) is 58.1 cm³/mol. The second-order valence-electron chi connectivity index (χ2n) is 3.91. The van der Waals surface area contributed by atoms with Crippen LogP contribution in [0.2, 0.25) is 0 Å². The minimum Gasteiger partial charge on any atom is -0.298 e. The van der Waals surface area contributed by atoms with Crippen LogP contribution in [0.25, 0.3) is 6.08 Å². The average Bonchev–Trinajstić information content (AvgIpc) is 3.02. The molecular weight excluding hydrogens is 172 g/mol. The van der Waals surface area contributed by atoms with Gasteiger partial charge in [0, 0.05) is 0 Å². The van der Waals surface area contributed by atoms with Gasteiger partial charge in [-0.3, -0.25) is 4.79 Å². The molecule has 0 saturated heterocycles. The standard InChI is InChI=1S/C13H14O/c1-10(9-14)8-12-4-2-3-5-13(12)11-6-7-11/h2-5,8-9,11H,6-7H2,1H3. The van der Waals surface area contributed by atoms with Gasteiger partial charge in [-0.25, -0.2) is 0 Å². The Morgan fingerprint density at radius 2 is 2.07 bits per heavy atom. The predicted octanol–water partition coefficient (Wildman–Crippen LogP) is 3.17. The summed E-state index contributed by atoms with van der Waals surface area (Å²) in [4.78, 5) is 10.5. The van der Waals surface area contributed by atoms with E-state index in [1.165, 1.54) is 24.0 Å². The fourth-order valence-corrected chi connectivity index (χ4v) is 1.69. The molecule has 1 saturated carbocycles. The number of hydrogen-bond donors (Lipinski definition) is 0. The molecule has 0 N–H and O–H groups in total. The average molecular weight is 186 g/mol. The lowest BCUT2D eigenvalue weighted by molar-refractivity contribution is -0.104. The van der Waals surface area contributed by atoms with E-state index < -0.39 is 0 Å². The van der Waals surface area contributed by atoms with Gasteiger partial charge in [0.25, 0.3) is 0 Å². The Labute approximate surface area is 84.5 Å². The Morgan fingerprint density at radius 3 is 2.71 bits per heavy atom. The van der Waals surface area contributed by atoms with E-state index in [9.17, 15) is 4.79 Å². The van der Waals surface area contributed by atoms with Crippen molar-refractivity contribution in [1.29, 1.82) is 0 Å². The quantitative estimate of drug-likeness (QED) is 0.523. The minimum absolute atomic E-state index is 0.738. The van der Waals surface area contributed by atoms with Gasteiger partial charge in [-0.15, -0.1) is 0 Å². The summed E-state index contributed by atoms with van der Waals surface area (Å²) >= 11 is 0. The third-order valence-electron chi connectivity index (χ3n) is 2.58. The number of aldehydes is 1. The van der Waals surface area contributed by atoms with Gasteiger partial charge in [-0.05, 0) is 48.5 Å². The van der Waals surface area contributed by atoms with E-state index in [4.69, 9.17) is 0 Å². The van der Waals surface area contributed by atoms with Gasteiger partial charge in [0.1, 0.15) is 6.29 Å². The summed E-state index contributed by atoms with van der Waals surface area (Å²) in [6.45, 7) is 1.84. The molecule has 0 unspecified atom stereocenters. The van der Waals surface area contributed by atoms with Gasteiger partial charge in [-0.1, -0.05) is 24.3 Å². The maximum absolute atomic E-state index is 10.5. The number of rotatable bonds is 3. The Balaban J connectivity index is 2.36. The van der Waals surface area contributed by atoms with E-state index >= 15 is 0 Å². The van der Waals surface area contributed by atoms with Gasteiger partial charge in [-0.2, -0.15) is 0 Å². The highest BCUT2D eigenvalue weighted by atomic mass is 16.1. The summed E-state index contributed by atoms with van der Waals surface area (Å²) in [5.74, 6) is 0.738. The largest absolute Gasteiger partial charge is 0.298 e. The highest BCUT2D eigenvalue weighted by molar-refractivity contribution is 5.81. The molecular formula is C13H14O. The number of carbonyl (C=O) groups is 1. The third-order valence-corrected chi connectivity index (χ3v) is 2.58. The van der Waals surface area contributed by atoms with Crippen molar-refractivity contribution in [3.63, 3.8) is 0 Å². The van der Waals surface area contributed by atoms with E-state index in [0.717, 1.165) is 17.8 Å². The van der Waals surface area contributed by atoms with Crippen LogP contribution in [0.4, 0.5) is 0 Å². The molecule has 1 aliphatic carbocycles. The van der Waals surface area contributed by atoms with E-state index in [1.54, 1.807) is 0 Å². The molecule has 1 aliphatic rings. The molecule has 0 spiro atoms. The van der Waals surface area contributed by atoms with Crippen LogP contribution in [0.15, 0.2) is 29.8 Å². The lowest BCUT2D eigenvalue weighted by Crippen LogP contribution is -1.86. The smallest absolute Gasteiger partial charge is 0.145 e. The zero-order valence-electron chi connectivity index (χ0n) is 8.36. The first-order valence-corrected chi connectivity index (χ1v) is 5.03. The molecule has 0 aliphatic heterocycles. The van der Waals surface area contributed by atoms with Crippen molar-refractivity contribution in [3.05, 3.63) is 41.0 Å². The summed E-state index contributed by atoms with van der Waals surface area (Å²) in [5, 5.41) is 0. The number of hydrogen-bond acceptors (Lipinski definition) is 1.